The van der Waals surface area contributed by atoms with Crippen molar-refractivity contribution in [1.29, 1.82) is 0 Å². The van der Waals surface area contributed by atoms with Gasteiger partial charge in [-0.1, -0.05) is 25.7 Å². The average molecular weight is 420 g/mol. The number of rotatable bonds is 6. The van der Waals surface area contributed by atoms with Crippen molar-refractivity contribution in [3.05, 3.63) is 28.3 Å². The first-order valence-corrected chi connectivity index (χ1v) is 11.6. The first kappa shape index (κ1) is 21.7. The fraction of sp³-hybridized carbons (Fsp3) is 0.625. The van der Waals surface area contributed by atoms with Crippen LogP contribution >= 0.6 is 0 Å². The summed E-state index contributed by atoms with van der Waals surface area (Å²) in [7, 11) is -4.03. The maximum Gasteiger partial charge on any atom is 0.290 e. The molecule has 0 amide bonds. The average Bonchev–Trinajstić information content (AvgIpc) is 2.89. The van der Waals surface area contributed by atoms with Crippen LogP contribution in [0.25, 0.3) is 0 Å². The predicted octanol–water partition coefficient (Wildman–Crippen LogP) is 2.19. The summed E-state index contributed by atoms with van der Waals surface area (Å²) >= 11 is 0. The highest BCUT2D eigenvalue weighted by molar-refractivity contribution is 7.89. The number of nitrogens with zero attached hydrogens (tertiary/aromatic N) is 3. The van der Waals surface area contributed by atoms with Crippen molar-refractivity contribution < 1.29 is 21.8 Å². The molecule has 9 nitrogen and oxygen atoms in total. The van der Waals surface area contributed by atoms with Gasteiger partial charge in [0.15, 0.2) is 4.90 Å². The molecule has 0 radical (unpaired) electrons. The summed E-state index contributed by atoms with van der Waals surface area (Å²) in [5.74, 6) is 0. The first-order chi connectivity index (χ1) is 12.5. The van der Waals surface area contributed by atoms with Gasteiger partial charge in [0.1, 0.15) is 0 Å². The van der Waals surface area contributed by atoms with Gasteiger partial charge in [0.2, 0.25) is 20.0 Å². The molecule has 27 heavy (non-hydrogen) atoms. The lowest BCUT2D eigenvalue weighted by Crippen LogP contribution is -2.37. The van der Waals surface area contributed by atoms with Crippen LogP contribution in [-0.2, 0) is 20.0 Å². The number of hydrogen-bond acceptors (Lipinski definition) is 6. The Bertz CT molecular complexity index is 904. The van der Waals surface area contributed by atoms with E-state index in [4.69, 9.17) is 0 Å². The highest BCUT2D eigenvalue weighted by Gasteiger charge is 2.35. The minimum atomic E-state index is -4.13. The van der Waals surface area contributed by atoms with Crippen molar-refractivity contribution in [3.8, 4) is 0 Å². The molecule has 0 saturated heterocycles. The van der Waals surface area contributed by atoms with Crippen LogP contribution < -0.4 is 0 Å². The van der Waals surface area contributed by atoms with E-state index in [-0.39, 0.29) is 10.9 Å². The monoisotopic (exact) mass is 419 g/mol. The van der Waals surface area contributed by atoms with Crippen molar-refractivity contribution in [2.45, 2.75) is 54.4 Å². The van der Waals surface area contributed by atoms with Gasteiger partial charge in [-0.05, 0) is 25.0 Å². The molecule has 1 saturated carbocycles. The van der Waals surface area contributed by atoms with E-state index in [1.165, 1.54) is 25.4 Å². The molecule has 152 valence electrons. The van der Waals surface area contributed by atoms with Crippen LogP contribution in [0.2, 0.25) is 0 Å². The molecule has 0 atom stereocenters. The van der Waals surface area contributed by atoms with Gasteiger partial charge in [0.25, 0.3) is 5.69 Å². The summed E-state index contributed by atoms with van der Waals surface area (Å²) in [6.07, 6.45) is 5.32. The maximum absolute atomic E-state index is 13.0. The second-order valence-electron chi connectivity index (χ2n) is 6.84. The zero-order valence-electron chi connectivity index (χ0n) is 15.7. The summed E-state index contributed by atoms with van der Waals surface area (Å²) in [6, 6.07) is 2.69. The lowest BCUT2D eigenvalue weighted by Gasteiger charge is -2.26. The molecule has 11 heteroatoms. The number of hydrogen-bond donors (Lipinski definition) is 0. The van der Waals surface area contributed by atoms with Crippen molar-refractivity contribution in [1.82, 2.24) is 8.61 Å². The molecule has 1 aliphatic rings. The first-order valence-electron chi connectivity index (χ1n) is 8.68. The smallest absolute Gasteiger partial charge is 0.258 e. The van der Waals surface area contributed by atoms with Crippen molar-refractivity contribution in [3.63, 3.8) is 0 Å². The minimum Gasteiger partial charge on any atom is -0.258 e. The third-order valence-electron chi connectivity index (χ3n) is 4.90. The lowest BCUT2D eigenvalue weighted by atomic mass is 10.1. The van der Waals surface area contributed by atoms with Crippen molar-refractivity contribution in [2.75, 3.05) is 21.1 Å². The van der Waals surface area contributed by atoms with Crippen LogP contribution in [0.15, 0.2) is 28.0 Å². The SMILES string of the molecule is CN(C)S(=O)(=O)c1ccc(S(=O)(=O)N(C)C2CCCCCC2)c([N+](=O)[O-])c1. The highest BCUT2D eigenvalue weighted by atomic mass is 32.2. The van der Waals surface area contributed by atoms with Crippen LogP contribution in [0, 0.1) is 10.1 Å². The molecule has 0 heterocycles. The second kappa shape index (κ2) is 8.21. The third kappa shape index (κ3) is 4.48. The standard InChI is InChI=1S/C16H25N3O6S2/c1-17(2)26(22,23)14-10-11-16(15(12-14)19(20)21)27(24,25)18(3)13-8-6-4-5-7-9-13/h10-13H,4-9H2,1-3H3. The summed E-state index contributed by atoms with van der Waals surface area (Å²) in [5.41, 5.74) is -0.738. The van der Waals surface area contributed by atoms with Crippen LogP contribution in [0.5, 0.6) is 0 Å². The third-order valence-corrected chi connectivity index (χ3v) is 8.67. The zero-order chi connectivity index (χ0) is 20.4. The molecular weight excluding hydrogens is 394 g/mol. The van der Waals surface area contributed by atoms with Gasteiger partial charge >= 0.3 is 0 Å². The fourth-order valence-electron chi connectivity index (χ4n) is 3.20. The van der Waals surface area contributed by atoms with Crippen molar-refractivity contribution in [2.24, 2.45) is 0 Å². The molecule has 0 bridgehead atoms. The Morgan fingerprint density at radius 1 is 0.963 bits per heavy atom. The van der Waals surface area contributed by atoms with Gasteiger partial charge in [0.05, 0.1) is 9.82 Å². The van der Waals surface area contributed by atoms with Crippen molar-refractivity contribution >= 4 is 25.7 Å². The van der Waals surface area contributed by atoms with E-state index in [1.54, 1.807) is 0 Å². The van der Waals surface area contributed by atoms with Gasteiger partial charge in [-0.3, -0.25) is 10.1 Å². The van der Waals surface area contributed by atoms with Gasteiger partial charge in [-0.15, -0.1) is 0 Å². The molecular formula is C16H25N3O6S2. The van der Waals surface area contributed by atoms with E-state index in [0.29, 0.717) is 12.8 Å². The quantitative estimate of drug-likeness (QED) is 0.396. The number of nitro benzene ring substituents is 1. The van der Waals surface area contributed by atoms with Crippen LogP contribution in [0.4, 0.5) is 5.69 Å². The second-order valence-corrected chi connectivity index (χ2v) is 11.0. The Balaban J connectivity index is 2.51. The summed E-state index contributed by atoms with van der Waals surface area (Å²) in [6.45, 7) is 0. The molecule has 0 N–H and O–H groups in total. The predicted molar refractivity (Wildman–Crippen MR) is 100 cm³/mol. The number of sulfonamides is 2. The van der Waals surface area contributed by atoms with E-state index in [0.717, 1.165) is 48.2 Å². The highest BCUT2D eigenvalue weighted by Crippen LogP contribution is 2.32. The number of benzene rings is 1. The molecule has 1 aromatic rings. The van der Waals surface area contributed by atoms with Gasteiger partial charge < -0.3 is 0 Å². The molecule has 1 fully saturated rings. The molecule has 1 aliphatic carbocycles. The molecule has 0 aliphatic heterocycles. The van der Waals surface area contributed by atoms with E-state index < -0.39 is 35.6 Å². The summed E-state index contributed by atoms with van der Waals surface area (Å²) in [5, 5.41) is 11.5. The van der Waals surface area contributed by atoms with Crippen LogP contribution in [-0.4, -0.2) is 57.6 Å². The van der Waals surface area contributed by atoms with Crippen LogP contribution in [0.3, 0.4) is 0 Å². The summed E-state index contributed by atoms with van der Waals surface area (Å²) < 4.78 is 52.6. The van der Waals surface area contributed by atoms with E-state index in [2.05, 4.69) is 0 Å². The fourth-order valence-corrected chi connectivity index (χ4v) is 5.68. The Labute approximate surface area is 160 Å². The summed E-state index contributed by atoms with van der Waals surface area (Å²) in [4.78, 5) is 9.81. The topological polar surface area (TPSA) is 118 Å². The Hall–Kier alpha value is -1.56. The largest absolute Gasteiger partial charge is 0.290 e. The van der Waals surface area contributed by atoms with Gasteiger partial charge in [0, 0.05) is 33.3 Å². The molecule has 0 unspecified atom stereocenters. The van der Waals surface area contributed by atoms with Crippen LogP contribution in [0.1, 0.15) is 38.5 Å². The lowest BCUT2D eigenvalue weighted by molar-refractivity contribution is -0.388. The van der Waals surface area contributed by atoms with E-state index >= 15 is 0 Å². The molecule has 1 aromatic carbocycles. The minimum absolute atomic E-state index is 0.220. The Morgan fingerprint density at radius 3 is 2.00 bits per heavy atom. The van der Waals surface area contributed by atoms with E-state index in [9.17, 15) is 26.9 Å². The Morgan fingerprint density at radius 2 is 1.52 bits per heavy atom. The molecule has 2 rings (SSSR count). The maximum atomic E-state index is 13.0. The normalized spacial score (nSPS) is 17.2. The van der Waals surface area contributed by atoms with Gasteiger partial charge in [-0.25, -0.2) is 21.1 Å². The Kier molecular flexibility index (Phi) is 6.61. The van der Waals surface area contributed by atoms with Gasteiger partial charge in [-0.2, -0.15) is 4.31 Å². The number of nitro groups is 1. The zero-order valence-corrected chi connectivity index (χ0v) is 17.3. The van der Waals surface area contributed by atoms with E-state index in [1.807, 2.05) is 0 Å². The molecule has 0 aromatic heterocycles. The molecule has 0 spiro atoms.